The van der Waals surface area contributed by atoms with E-state index in [9.17, 15) is 0 Å². The zero-order chi connectivity index (χ0) is 9.14. The van der Waals surface area contributed by atoms with Crippen LogP contribution in [-0.2, 0) is 9.47 Å². The topological polar surface area (TPSA) is 38.7 Å². The lowest BCUT2D eigenvalue weighted by molar-refractivity contribution is -0.242. The molecule has 0 aromatic carbocycles. The fourth-order valence-corrected chi connectivity index (χ4v) is 1.52. The number of ether oxygens (including phenoxy) is 2. The third-order valence-corrected chi connectivity index (χ3v) is 1.97. The fourth-order valence-electron chi connectivity index (χ4n) is 1.52. The molecule has 1 fully saturated rings. The molecule has 0 aliphatic carbocycles. The van der Waals surface area contributed by atoms with E-state index in [1.807, 2.05) is 13.8 Å². The predicted octanol–water partition coefficient (Wildman–Crippen LogP) is 1.30. The first kappa shape index (κ1) is 9.96. The molecule has 0 saturated carbocycles. The van der Waals surface area contributed by atoms with Crippen molar-refractivity contribution in [3.8, 4) is 0 Å². The molecule has 0 aromatic rings. The van der Waals surface area contributed by atoms with E-state index in [-0.39, 0.29) is 24.6 Å². The van der Waals surface area contributed by atoms with Crippen molar-refractivity contribution in [1.29, 1.82) is 0 Å². The van der Waals surface area contributed by atoms with E-state index < -0.39 is 0 Å². The van der Waals surface area contributed by atoms with Crippen molar-refractivity contribution in [3.63, 3.8) is 0 Å². The van der Waals surface area contributed by atoms with Crippen molar-refractivity contribution < 1.29 is 14.6 Å². The molecule has 0 radical (unpaired) electrons. The monoisotopic (exact) mass is 174 g/mol. The number of rotatable bonds is 2. The van der Waals surface area contributed by atoms with Gasteiger partial charge in [-0.05, 0) is 27.2 Å². The van der Waals surface area contributed by atoms with Gasteiger partial charge in [0.15, 0.2) is 6.29 Å². The molecule has 1 rings (SSSR count). The molecule has 72 valence electrons. The van der Waals surface area contributed by atoms with Crippen LogP contribution < -0.4 is 0 Å². The first-order valence-electron chi connectivity index (χ1n) is 4.57. The Morgan fingerprint density at radius 2 is 1.83 bits per heavy atom. The van der Waals surface area contributed by atoms with E-state index >= 15 is 0 Å². The molecule has 12 heavy (non-hydrogen) atoms. The molecule has 0 amide bonds. The zero-order valence-corrected chi connectivity index (χ0v) is 7.99. The molecule has 0 spiro atoms. The molecule has 1 saturated heterocycles. The number of hydrogen-bond acceptors (Lipinski definition) is 3. The Labute approximate surface area is 73.7 Å². The van der Waals surface area contributed by atoms with Gasteiger partial charge in [-0.25, -0.2) is 0 Å². The fraction of sp³-hybridized carbons (Fsp3) is 1.00. The maximum atomic E-state index is 9.12. The lowest BCUT2D eigenvalue weighted by Crippen LogP contribution is -2.37. The first-order chi connectivity index (χ1) is 5.58. The molecule has 3 atom stereocenters. The highest BCUT2D eigenvalue weighted by atomic mass is 16.7. The van der Waals surface area contributed by atoms with E-state index in [1.54, 1.807) is 6.92 Å². The second-order valence-corrected chi connectivity index (χ2v) is 3.64. The number of hydrogen-bond donors (Lipinski definition) is 1. The zero-order valence-electron chi connectivity index (χ0n) is 7.99. The van der Waals surface area contributed by atoms with Crippen LogP contribution in [0.2, 0.25) is 0 Å². The largest absolute Gasteiger partial charge is 0.393 e. The van der Waals surface area contributed by atoms with Gasteiger partial charge in [0.1, 0.15) is 0 Å². The molecule has 3 nitrogen and oxygen atoms in total. The summed E-state index contributed by atoms with van der Waals surface area (Å²) in [6, 6.07) is 0. The van der Waals surface area contributed by atoms with Gasteiger partial charge >= 0.3 is 0 Å². The van der Waals surface area contributed by atoms with Gasteiger partial charge in [-0.3, -0.25) is 0 Å². The van der Waals surface area contributed by atoms with Crippen LogP contribution in [0, 0.1) is 0 Å². The summed E-state index contributed by atoms with van der Waals surface area (Å²) in [6.45, 7) is 5.82. The smallest absolute Gasteiger partial charge is 0.160 e. The summed E-state index contributed by atoms with van der Waals surface area (Å²) in [5, 5.41) is 9.12. The van der Waals surface area contributed by atoms with Crippen molar-refractivity contribution in [1.82, 2.24) is 0 Å². The summed E-state index contributed by atoms with van der Waals surface area (Å²) < 4.78 is 11.0. The van der Waals surface area contributed by atoms with Crippen molar-refractivity contribution in [2.75, 3.05) is 0 Å². The Hall–Kier alpha value is -0.120. The van der Waals surface area contributed by atoms with Crippen LogP contribution in [0.5, 0.6) is 0 Å². The van der Waals surface area contributed by atoms with Crippen LogP contribution in [0.3, 0.4) is 0 Å². The van der Waals surface area contributed by atoms with Crippen LogP contribution >= 0.6 is 0 Å². The van der Waals surface area contributed by atoms with Crippen LogP contribution in [-0.4, -0.2) is 29.7 Å². The first-order valence-corrected chi connectivity index (χ1v) is 4.57. The van der Waals surface area contributed by atoms with Crippen LogP contribution in [0.1, 0.15) is 33.6 Å². The van der Waals surface area contributed by atoms with E-state index in [0.717, 1.165) is 6.42 Å². The molecular weight excluding hydrogens is 156 g/mol. The van der Waals surface area contributed by atoms with Gasteiger partial charge in [0.05, 0.1) is 18.3 Å². The van der Waals surface area contributed by atoms with Crippen LogP contribution in [0.15, 0.2) is 0 Å². The Balaban J connectivity index is 2.34. The molecule has 1 aliphatic heterocycles. The van der Waals surface area contributed by atoms with E-state index in [4.69, 9.17) is 14.6 Å². The summed E-state index contributed by atoms with van der Waals surface area (Å²) in [7, 11) is 0. The van der Waals surface area contributed by atoms with Gasteiger partial charge in [0.2, 0.25) is 0 Å². The summed E-state index contributed by atoms with van der Waals surface area (Å²) >= 11 is 0. The SMILES string of the molecule is CC(O)CC1OC(C)CC(C)O1. The van der Waals surface area contributed by atoms with Crippen molar-refractivity contribution in [2.45, 2.75) is 58.2 Å². The highest BCUT2D eigenvalue weighted by Gasteiger charge is 2.25. The molecule has 0 bridgehead atoms. The second-order valence-electron chi connectivity index (χ2n) is 3.64. The summed E-state index contributed by atoms with van der Waals surface area (Å²) in [6.07, 6.45) is 1.43. The lowest BCUT2D eigenvalue weighted by Gasteiger charge is -2.33. The minimum absolute atomic E-state index is 0.219. The minimum Gasteiger partial charge on any atom is -0.393 e. The van der Waals surface area contributed by atoms with Crippen molar-refractivity contribution in [3.05, 3.63) is 0 Å². The molecule has 1 N–H and O–H groups in total. The quantitative estimate of drug-likeness (QED) is 0.685. The van der Waals surface area contributed by atoms with Crippen LogP contribution in [0.25, 0.3) is 0 Å². The Bertz CT molecular complexity index is 123. The molecule has 3 unspecified atom stereocenters. The highest BCUT2D eigenvalue weighted by Crippen LogP contribution is 2.20. The summed E-state index contributed by atoms with van der Waals surface area (Å²) in [4.78, 5) is 0. The third-order valence-electron chi connectivity index (χ3n) is 1.97. The second kappa shape index (κ2) is 4.21. The molecular formula is C9H18O3. The summed E-state index contributed by atoms with van der Waals surface area (Å²) in [5.41, 5.74) is 0. The molecule has 3 heteroatoms. The lowest BCUT2D eigenvalue weighted by atomic mass is 10.1. The minimum atomic E-state index is -0.354. The third kappa shape index (κ3) is 3.09. The number of aliphatic hydroxyl groups is 1. The van der Waals surface area contributed by atoms with E-state index in [0.29, 0.717) is 6.42 Å². The maximum Gasteiger partial charge on any atom is 0.160 e. The van der Waals surface area contributed by atoms with Gasteiger partial charge in [-0.1, -0.05) is 0 Å². The maximum absolute atomic E-state index is 9.12. The normalized spacial score (nSPS) is 39.5. The van der Waals surface area contributed by atoms with E-state index in [1.165, 1.54) is 0 Å². The summed E-state index contributed by atoms with van der Waals surface area (Å²) in [5.74, 6) is 0. The van der Waals surface area contributed by atoms with Gasteiger partial charge in [-0.2, -0.15) is 0 Å². The average Bonchev–Trinajstić information content (AvgIpc) is 1.81. The Kier molecular flexibility index (Phi) is 3.50. The molecule has 0 aromatic heterocycles. The number of aliphatic hydroxyl groups excluding tert-OH is 1. The average molecular weight is 174 g/mol. The Morgan fingerprint density at radius 1 is 1.33 bits per heavy atom. The van der Waals surface area contributed by atoms with Gasteiger partial charge in [0, 0.05) is 6.42 Å². The van der Waals surface area contributed by atoms with E-state index in [2.05, 4.69) is 0 Å². The standard InChI is InChI=1S/C9H18O3/c1-6(10)4-9-11-7(2)5-8(3)12-9/h6-10H,4-5H2,1-3H3. The van der Waals surface area contributed by atoms with Gasteiger partial charge in [0.25, 0.3) is 0 Å². The van der Waals surface area contributed by atoms with Crippen molar-refractivity contribution >= 4 is 0 Å². The predicted molar refractivity (Wildman–Crippen MR) is 45.8 cm³/mol. The van der Waals surface area contributed by atoms with Crippen LogP contribution in [0.4, 0.5) is 0 Å². The highest BCUT2D eigenvalue weighted by molar-refractivity contribution is 4.67. The van der Waals surface area contributed by atoms with Gasteiger partial charge < -0.3 is 14.6 Å². The molecule has 1 aliphatic rings. The van der Waals surface area contributed by atoms with Crippen molar-refractivity contribution in [2.24, 2.45) is 0 Å². The van der Waals surface area contributed by atoms with Gasteiger partial charge in [-0.15, -0.1) is 0 Å². The molecule has 1 heterocycles. The Morgan fingerprint density at radius 3 is 2.25 bits per heavy atom.